The van der Waals surface area contributed by atoms with Crippen molar-refractivity contribution in [2.75, 3.05) is 36.5 Å². The summed E-state index contributed by atoms with van der Waals surface area (Å²) >= 11 is 0. The third-order valence-corrected chi connectivity index (χ3v) is 6.11. The van der Waals surface area contributed by atoms with E-state index in [1.54, 1.807) is 56.4 Å². The molecule has 0 unspecified atom stereocenters. The van der Waals surface area contributed by atoms with Gasteiger partial charge in [-0.15, -0.1) is 0 Å². The number of aryl methyl sites for hydroxylation is 1. The number of rotatable bonds is 11. The van der Waals surface area contributed by atoms with Crippen LogP contribution in [0.15, 0.2) is 42.5 Å². The minimum Gasteiger partial charge on any atom is -0.497 e. The molecule has 2 rings (SSSR count). The third kappa shape index (κ3) is 7.16. The third-order valence-electron chi connectivity index (χ3n) is 4.82. The van der Waals surface area contributed by atoms with Crippen LogP contribution in [0, 0.1) is 6.92 Å². The van der Waals surface area contributed by atoms with Crippen LogP contribution in [0.1, 0.15) is 29.3 Å². The molecule has 32 heavy (non-hydrogen) atoms. The first-order valence-electron chi connectivity index (χ1n) is 10.2. The summed E-state index contributed by atoms with van der Waals surface area (Å²) in [5.74, 6) is -0.503. The number of hydrogen-bond acceptors (Lipinski definition) is 6. The highest BCUT2D eigenvalue weighted by atomic mass is 32.2. The van der Waals surface area contributed by atoms with E-state index in [9.17, 15) is 18.0 Å². The fraction of sp³-hybridized carbons (Fsp3) is 0.364. The molecule has 0 bridgehead atoms. The van der Waals surface area contributed by atoms with Crippen molar-refractivity contribution in [3.8, 4) is 5.75 Å². The largest absolute Gasteiger partial charge is 0.497 e. The fourth-order valence-corrected chi connectivity index (χ4v) is 3.97. The van der Waals surface area contributed by atoms with Gasteiger partial charge in [-0.1, -0.05) is 6.92 Å². The van der Waals surface area contributed by atoms with E-state index in [1.165, 1.54) is 7.11 Å². The Hall–Kier alpha value is -3.27. The molecular formula is C22H30N4O5S. The number of ether oxygens (including phenoxy) is 1. The van der Waals surface area contributed by atoms with Crippen molar-refractivity contribution >= 4 is 33.2 Å². The molecule has 0 aromatic heterocycles. The number of anilines is 2. The second kappa shape index (κ2) is 11.4. The van der Waals surface area contributed by atoms with E-state index in [-0.39, 0.29) is 18.2 Å². The lowest BCUT2D eigenvalue weighted by molar-refractivity contribution is -0.122. The molecule has 0 heterocycles. The molecule has 2 aromatic rings. The Bertz CT molecular complexity index is 1040. The summed E-state index contributed by atoms with van der Waals surface area (Å²) in [6.07, 6.45) is 0.363. The maximum atomic E-state index is 12.5. The van der Waals surface area contributed by atoms with E-state index < -0.39 is 22.0 Å². The minimum atomic E-state index is -3.66. The first-order chi connectivity index (χ1) is 15.2. The van der Waals surface area contributed by atoms with E-state index in [0.717, 1.165) is 11.3 Å². The van der Waals surface area contributed by atoms with Gasteiger partial charge in [0.25, 0.3) is 5.91 Å². The van der Waals surface area contributed by atoms with Gasteiger partial charge in [-0.3, -0.25) is 14.3 Å². The lowest BCUT2D eigenvalue weighted by atomic mass is 10.1. The van der Waals surface area contributed by atoms with Crippen LogP contribution in [-0.2, 0) is 14.8 Å². The normalized spacial score (nSPS) is 11.9. The number of hydrogen-bond donors (Lipinski definition) is 4. The summed E-state index contributed by atoms with van der Waals surface area (Å²) < 4.78 is 32.0. The predicted octanol–water partition coefficient (Wildman–Crippen LogP) is 2.11. The molecule has 0 aliphatic heterocycles. The maximum Gasteiger partial charge on any atom is 0.251 e. The van der Waals surface area contributed by atoms with Gasteiger partial charge < -0.3 is 20.7 Å². The number of sulfonamides is 1. The van der Waals surface area contributed by atoms with Gasteiger partial charge in [0, 0.05) is 30.5 Å². The van der Waals surface area contributed by atoms with E-state index >= 15 is 0 Å². The standard InChI is InChI=1S/C22H30N4O5S/c1-5-19(25-21(27)16-6-11-20(23-3)15(2)14-16)22(28)24-12-13-32(29,30)26-17-7-9-18(31-4)10-8-17/h6-11,14,19,23,26H,5,12-13H2,1-4H3,(H,24,28)(H,25,27)/t19-/m0/s1. The van der Waals surface area contributed by atoms with Crippen LogP contribution < -0.4 is 25.4 Å². The minimum absolute atomic E-state index is 0.0906. The molecule has 2 amide bonds. The van der Waals surface area contributed by atoms with E-state index in [4.69, 9.17) is 4.74 Å². The Morgan fingerprint density at radius 3 is 2.34 bits per heavy atom. The second-order valence-electron chi connectivity index (χ2n) is 7.15. The highest BCUT2D eigenvalue weighted by Gasteiger charge is 2.20. The number of carbonyl (C=O) groups excluding carboxylic acids is 2. The molecule has 174 valence electrons. The molecule has 0 aliphatic carbocycles. The maximum absolute atomic E-state index is 12.5. The van der Waals surface area contributed by atoms with Crippen molar-refractivity contribution in [2.45, 2.75) is 26.3 Å². The van der Waals surface area contributed by atoms with E-state index in [2.05, 4.69) is 20.7 Å². The van der Waals surface area contributed by atoms with Crippen molar-refractivity contribution in [3.63, 3.8) is 0 Å². The van der Waals surface area contributed by atoms with E-state index in [1.807, 2.05) is 6.92 Å². The van der Waals surface area contributed by atoms with Gasteiger partial charge in [-0.25, -0.2) is 8.42 Å². The van der Waals surface area contributed by atoms with Crippen molar-refractivity contribution in [3.05, 3.63) is 53.6 Å². The first-order valence-corrected chi connectivity index (χ1v) is 11.9. The molecule has 0 saturated carbocycles. The van der Waals surface area contributed by atoms with Crippen LogP contribution in [0.2, 0.25) is 0 Å². The Kier molecular flexibility index (Phi) is 8.89. The van der Waals surface area contributed by atoms with Gasteiger partial charge in [0.05, 0.1) is 12.9 Å². The molecule has 10 heteroatoms. The quantitative estimate of drug-likeness (QED) is 0.405. The molecular weight excluding hydrogens is 432 g/mol. The smallest absolute Gasteiger partial charge is 0.251 e. The second-order valence-corrected chi connectivity index (χ2v) is 9.00. The zero-order valence-electron chi connectivity index (χ0n) is 18.7. The SMILES string of the molecule is CC[C@H](NC(=O)c1ccc(NC)c(C)c1)C(=O)NCCS(=O)(=O)Nc1ccc(OC)cc1. The highest BCUT2D eigenvalue weighted by Crippen LogP contribution is 2.17. The summed E-state index contributed by atoms with van der Waals surface area (Å²) in [5, 5.41) is 8.31. The van der Waals surface area contributed by atoms with Gasteiger partial charge >= 0.3 is 0 Å². The lowest BCUT2D eigenvalue weighted by Gasteiger charge is -2.17. The molecule has 0 radical (unpaired) electrons. The Morgan fingerprint density at radius 1 is 1.09 bits per heavy atom. The van der Waals surface area contributed by atoms with Gasteiger partial charge in [0.1, 0.15) is 11.8 Å². The molecule has 0 fully saturated rings. The summed E-state index contributed by atoms with van der Waals surface area (Å²) in [5.41, 5.74) is 2.66. The molecule has 0 saturated heterocycles. The van der Waals surface area contributed by atoms with Crippen LogP contribution in [0.4, 0.5) is 11.4 Å². The summed E-state index contributed by atoms with van der Waals surface area (Å²) in [4.78, 5) is 25.0. The highest BCUT2D eigenvalue weighted by molar-refractivity contribution is 7.92. The van der Waals surface area contributed by atoms with Crippen LogP contribution >= 0.6 is 0 Å². The van der Waals surface area contributed by atoms with Crippen LogP contribution in [0.3, 0.4) is 0 Å². The summed E-state index contributed by atoms with van der Waals surface area (Å²) in [6.45, 7) is 3.56. The average molecular weight is 463 g/mol. The lowest BCUT2D eigenvalue weighted by Crippen LogP contribution is -2.47. The predicted molar refractivity (Wildman–Crippen MR) is 126 cm³/mol. The Balaban J connectivity index is 1.88. The van der Waals surface area contributed by atoms with Gasteiger partial charge in [0.2, 0.25) is 15.9 Å². The van der Waals surface area contributed by atoms with Crippen LogP contribution in [-0.4, -0.2) is 52.7 Å². The number of nitrogens with one attached hydrogen (secondary N) is 4. The molecule has 9 nitrogen and oxygen atoms in total. The zero-order chi connectivity index (χ0) is 23.7. The molecule has 2 aromatic carbocycles. The van der Waals surface area contributed by atoms with Gasteiger partial charge in [-0.2, -0.15) is 0 Å². The Morgan fingerprint density at radius 2 is 1.78 bits per heavy atom. The monoisotopic (exact) mass is 462 g/mol. The summed E-state index contributed by atoms with van der Waals surface area (Å²) in [7, 11) is -0.338. The zero-order valence-corrected chi connectivity index (χ0v) is 19.5. The first kappa shape index (κ1) is 25.0. The summed E-state index contributed by atoms with van der Waals surface area (Å²) in [6, 6.07) is 10.9. The molecule has 0 aliphatic rings. The fourth-order valence-electron chi connectivity index (χ4n) is 3.00. The van der Waals surface area contributed by atoms with Crippen molar-refractivity contribution in [2.24, 2.45) is 0 Å². The topological polar surface area (TPSA) is 126 Å². The number of benzene rings is 2. The van der Waals surface area contributed by atoms with Crippen molar-refractivity contribution in [1.29, 1.82) is 0 Å². The van der Waals surface area contributed by atoms with Crippen LogP contribution in [0.5, 0.6) is 5.75 Å². The molecule has 4 N–H and O–H groups in total. The van der Waals surface area contributed by atoms with Crippen molar-refractivity contribution < 1.29 is 22.7 Å². The Labute approximate surface area is 189 Å². The molecule has 1 atom stereocenters. The van der Waals surface area contributed by atoms with E-state index in [0.29, 0.717) is 23.4 Å². The van der Waals surface area contributed by atoms with Crippen molar-refractivity contribution in [1.82, 2.24) is 10.6 Å². The number of carbonyl (C=O) groups is 2. The number of methoxy groups -OCH3 is 1. The van der Waals surface area contributed by atoms with Crippen LogP contribution in [0.25, 0.3) is 0 Å². The number of amides is 2. The molecule has 0 spiro atoms. The van der Waals surface area contributed by atoms with Gasteiger partial charge in [-0.05, 0) is 61.4 Å². The van der Waals surface area contributed by atoms with Gasteiger partial charge in [0.15, 0.2) is 0 Å². The average Bonchev–Trinajstić information content (AvgIpc) is 2.77.